The van der Waals surface area contributed by atoms with Gasteiger partial charge in [0.1, 0.15) is 13.1 Å². The van der Waals surface area contributed by atoms with Crippen LogP contribution in [0.15, 0.2) is 0 Å². The molecule has 0 aliphatic carbocycles. The quantitative estimate of drug-likeness (QED) is 0.0804. The van der Waals surface area contributed by atoms with Crippen LogP contribution in [0.1, 0.15) is 0 Å². The van der Waals surface area contributed by atoms with Crippen molar-refractivity contribution in [1.82, 2.24) is 4.90 Å². The monoisotopic (exact) mass is 496 g/mol. The third kappa shape index (κ3) is 12.6. The van der Waals surface area contributed by atoms with Gasteiger partial charge in [0.05, 0.1) is 26.2 Å². The molecule has 0 unspecified atom stereocenters. The van der Waals surface area contributed by atoms with Crippen molar-refractivity contribution >= 4 is 35.8 Å². The molecule has 16 heteroatoms. The average molecular weight is 496 g/mol. The Labute approximate surface area is 194 Å². The molecule has 0 aromatic carbocycles. The lowest BCUT2D eigenvalue weighted by molar-refractivity contribution is -0.967. The Bertz CT molecular complexity index is 724. The molecule has 0 saturated carbocycles. The Balaban J connectivity index is 6.11. The number of carboxylic acids is 6. The van der Waals surface area contributed by atoms with Gasteiger partial charge >= 0.3 is 35.8 Å². The van der Waals surface area contributed by atoms with Gasteiger partial charge in [0, 0.05) is 13.1 Å². The SMILES string of the molecule is NCC[N+](CC[N+](CCN(CC(=O)O)CC(=O)O)(CC(=O)O)CC(=O)O)(CC(=O)O)CC(=O)O. The van der Waals surface area contributed by atoms with E-state index in [0.29, 0.717) is 0 Å². The summed E-state index contributed by atoms with van der Waals surface area (Å²) in [6.45, 7) is -5.58. The van der Waals surface area contributed by atoms with Gasteiger partial charge in [0.25, 0.3) is 0 Å². The van der Waals surface area contributed by atoms with Gasteiger partial charge in [-0.05, 0) is 0 Å². The topological polar surface area (TPSA) is 253 Å². The number of nitrogens with zero attached hydrogens (tertiary/aromatic N) is 3. The second-order valence-corrected chi connectivity index (χ2v) is 8.07. The Morgan fingerprint density at radius 1 is 0.529 bits per heavy atom. The van der Waals surface area contributed by atoms with Crippen LogP contribution in [0.2, 0.25) is 0 Å². The largest absolute Gasteiger partial charge is 0.480 e. The van der Waals surface area contributed by atoms with Crippen LogP contribution in [-0.4, -0.2) is 159 Å². The summed E-state index contributed by atoms with van der Waals surface area (Å²) in [5.41, 5.74) is 5.55. The number of aliphatic carboxylic acids is 6. The van der Waals surface area contributed by atoms with Crippen molar-refractivity contribution in [2.75, 3.05) is 78.5 Å². The van der Waals surface area contributed by atoms with Crippen molar-refractivity contribution in [3.05, 3.63) is 0 Å². The van der Waals surface area contributed by atoms with Crippen molar-refractivity contribution < 1.29 is 68.4 Å². The molecule has 0 fully saturated rings. The van der Waals surface area contributed by atoms with Gasteiger partial charge in [-0.15, -0.1) is 0 Å². The highest BCUT2D eigenvalue weighted by molar-refractivity contribution is 5.73. The molecule has 0 atom stereocenters. The van der Waals surface area contributed by atoms with Crippen LogP contribution in [0.3, 0.4) is 0 Å². The van der Waals surface area contributed by atoms with E-state index in [9.17, 15) is 49.2 Å². The predicted molar refractivity (Wildman–Crippen MR) is 111 cm³/mol. The van der Waals surface area contributed by atoms with E-state index >= 15 is 0 Å². The molecule has 0 aliphatic heterocycles. The molecular formula is C18H32N4O12+2. The second-order valence-electron chi connectivity index (χ2n) is 8.07. The van der Waals surface area contributed by atoms with E-state index in [0.717, 1.165) is 4.90 Å². The van der Waals surface area contributed by atoms with E-state index in [4.69, 9.17) is 15.9 Å². The van der Waals surface area contributed by atoms with Crippen LogP contribution < -0.4 is 5.73 Å². The van der Waals surface area contributed by atoms with E-state index in [1.807, 2.05) is 0 Å². The number of carbonyl (C=O) groups is 6. The molecule has 0 amide bonds. The van der Waals surface area contributed by atoms with Gasteiger partial charge in [0.2, 0.25) is 0 Å². The predicted octanol–water partition coefficient (Wildman–Crippen LogP) is -3.61. The first kappa shape index (κ1) is 30.7. The zero-order valence-electron chi connectivity index (χ0n) is 18.5. The molecule has 34 heavy (non-hydrogen) atoms. The van der Waals surface area contributed by atoms with Crippen molar-refractivity contribution in [1.29, 1.82) is 0 Å². The Morgan fingerprint density at radius 3 is 1.12 bits per heavy atom. The molecule has 0 bridgehead atoms. The number of hydrogen-bond donors (Lipinski definition) is 7. The van der Waals surface area contributed by atoms with Gasteiger partial charge in [-0.1, -0.05) is 0 Å². The van der Waals surface area contributed by atoms with Gasteiger partial charge in [-0.25, -0.2) is 19.2 Å². The zero-order valence-corrected chi connectivity index (χ0v) is 18.5. The highest BCUT2D eigenvalue weighted by Crippen LogP contribution is 2.14. The number of rotatable bonds is 20. The van der Waals surface area contributed by atoms with Gasteiger partial charge in [0.15, 0.2) is 26.2 Å². The van der Waals surface area contributed by atoms with E-state index in [2.05, 4.69) is 0 Å². The Kier molecular flexibility index (Phi) is 12.7. The first-order valence-electron chi connectivity index (χ1n) is 10.1. The summed E-state index contributed by atoms with van der Waals surface area (Å²) < 4.78 is -1.28. The lowest BCUT2D eigenvalue weighted by Gasteiger charge is -2.41. The van der Waals surface area contributed by atoms with Gasteiger partial charge in [-0.3, -0.25) is 23.5 Å². The number of carboxylic acid groups (broad SMARTS) is 6. The summed E-state index contributed by atoms with van der Waals surface area (Å²) in [5, 5.41) is 55.4. The molecule has 0 aliphatic rings. The fourth-order valence-corrected chi connectivity index (χ4v) is 3.76. The summed E-state index contributed by atoms with van der Waals surface area (Å²) in [6.07, 6.45) is 0. The lowest BCUT2D eigenvalue weighted by Crippen LogP contribution is -2.64. The molecule has 0 aromatic rings. The third-order valence-corrected chi connectivity index (χ3v) is 5.14. The van der Waals surface area contributed by atoms with Crippen molar-refractivity contribution in [2.24, 2.45) is 5.73 Å². The summed E-state index contributed by atoms with van der Waals surface area (Å²) in [7, 11) is 0. The number of hydrogen-bond acceptors (Lipinski definition) is 8. The molecule has 0 heterocycles. The van der Waals surface area contributed by atoms with Gasteiger partial charge in [-0.2, -0.15) is 0 Å². The first-order valence-corrected chi connectivity index (χ1v) is 10.1. The third-order valence-electron chi connectivity index (χ3n) is 5.14. The highest BCUT2D eigenvalue weighted by atomic mass is 16.4. The molecule has 0 aromatic heterocycles. The average Bonchev–Trinajstić information content (AvgIpc) is 2.62. The molecule has 0 spiro atoms. The maximum atomic E-state index is 11.6. The maximum Gasteiger partial charge on any atom is 0.359 e. The molecule has 16 nitrogen and oxygen atoms in total. The van der Waals surface area contributed by atoms with E-state index < -0.39 is 84.1 Å². The summed E-state index contributed by atoms with van der Waals surface area (Å²) in [6, 6.07) is 0. The second kappa shape index (κ2) is 14.0. The fraction of sp³-hybridized carbons (Fsp3) is 0.667. The van der Waals surface area contributed by atoms with Crippen molar-refractivity contribution in [3.8, 4) is 0 Å². The highest BCUT2D eigenvalue weighted by Gasteiger charge is 2.40. The number of nitrogens with two attached hydrogens (primary N) is 1. The molecule has 8 N–H and O–H groups in total. The number of quaternary nitrogens is 2. The van der Waals surface area contributed by atoms with Crippen LogP contribution in [0.25, 0.3) is 0 Å². The molecule has 0 saturated heterocycles. The van der Waals surface area contributed by atoms with Crippen LogP contribution in [0, 0.1) is 0 Å². The fourth-order valence-electron chi connectivity index (χ4n) is 3.76. The minimum atomic E-state index is -1.40. The minimum absolute atomic E-state index is 0.0938. The van der Waals surface area contributed by atoms with Gasteiger partial charge < -0.3 is 36.4 Å². The van der Waals surface area contributed by atoms with Crippen LogP contribution >= 0.6 is 0 Å². The van der Waals surface area contributed by atoms with Crippen LogP contribution in [-0.2, 0) is 28.8 Å². The van der Waals surface area contributed by atoms with Crippen molar-refractivity contribution in [3.63, 3.8) is 0 Å². The lowest BCUT2D eigenvalue weighted by atomic mass is 10.2. The van der Waals surface area contributed by atoms with E-state index in [1.54, 1.807) is 0 Å². The molecule has 0 radical (unpaired) electrons. The molecule has 0 rings (SSSR count). The normalized spacial score (nSPS) is 11.8. The smallest absolute Gasteiger partial charge is 0.359 e. The summed E-state index contributed by atoms with van der Waals surface area (Å²) in [5.74, 6) is -8.18. The Hall–Kier alpha value is -3.34. The minimum Gasteiger partial charge on any atom is -0.480 e. The van der Waals surface area contributed by atoms with E-state index in [1.165, 1.54) is 0 Å². The zero-order chi connectivity index (χ0) is 26.5. The Morgan fingerprint density at radius 2 is 0.853 bits per heavy atom. The van der Waals surface area contributed by atoms with Crippen LogP contribution in [0.4, 0.5) is 0 Å². The standard InChI is InChI=1S/C18H30N4O12/c19-1-3-21(9-15(27)28,10-16(29)30)5-6-22(11-17(31)32,12-18(33)34)4-2-20(7-13(23)24)8-14(25)26/h1-12,19H2,(H4-2,23,24,25,26,27,28,29,30,31,32,33,34)/p+2. The molecular weight excluding hydrogens is 464 g/mol. The molecule has 194 valence electrons. The van der Waals surface area contributed by atoms with Crippen molar-refractivity contribution in [2.45, 2.75) is 0 Å². The van der Waals surface area contributed by atoms with E-state index in [-0.39, 0.29) is 39.3 Å². The maximum absolute atomic E-state index is 11.6. The summed E-state index contributed by atoms with van der Waals surface area (Å²) in [4.78, 5) is 69.1. The summed E-state index contributed by atoms with van der Waals surface area (Å²) >= 11 is 0. The first-order chi connectivity index (χ1) is 15.6. The van der Waals surface area contributed by atoms with Crippen LogP contribution in [0.5, 0.6) is 0 Å².